The molecular weight excluding hydrogens is 574 g/mol. The minimum atomic E-state index is -2.26. The van der Waals surface area contributed by atoms with Gasteiger partial charge >= 0.3 is 5.97 Å². The molecule has 0 amide bonds. The first-order valence-corrected chi connectivity index (χ1v) is 14.7. The number of halogens is 1. The zero-order chi connectivity index (χ0) is 30.3. The summed E-state index contributed by atoms with van der Waals surface area (Å²) in [7, 11) is 0. The van der Waals surface area contributed by atoms with Gasteiger partial charge in [0, 0.05) is 32.9 Å². The number of ketones is 1. The largest absolute Gasteiger partial charge is 0.432 e. The average molecular weight is 622 g/mol. The molecule has 5 rings (SSSR count). The highest BCUT2D eigenvalue weighted by atomic mass is 35.5. The molecule has 240 valence electrons. The van der Waals surface area contributed by atoms with E-state index >= 15 is 0 Å². The zero-order valence-corrected chi connectivity index (χ0v) is 26.9. The van der Waals surface area contributed by atoms with Gasteiger partial charge in [-0.25, -0.2) is 0 Å². The lowest BCUT2D eigenvalue weighted by Gasteiger charge is -2.70. The van der Waals surface area contributed by atoms with Gasteiger partial charge in [0.15, 0.2) is 11.4 Å². The van der Waals surface area contributed by atoms with Crippen LogP contribution in [-0.4, -0.2) is 79.2 Å². The number of fused-ring (bicyclic) bond motifs is 3. The Balaban J connectivity index is 0.00000253. The molecule has 3 fully saturated rings. The number of hydrogen-bond donors (Lipinski definition) is 3. The number of rotatable bonds is 4. The number of likely N-dealkylation sites (tertiary alicyclic amines) is 1. The monoisotopic (exact) mass is 621 g/mol. The van der Waals surface area contributed by atoms with Gasteiger partial charge in [-0.05, 0) is 51.0 Å². The first-order chi connectivity index (χ1) is 18.9. The summed E-state index contributed by atoms with van der Waals surface area (Å²) in [6.07, 6.45) is 4.90. The summed E-state index contributed by atoms with van der Waals surface area (Å²) in [5.74, 6) is -3.33. The van der Waals surface area contributed by atoms with E-state index in [2.05, 4.69) is 11.5 Å². The van der Waals surface area contributed by atoms with Gasteiger partial charge in [0.1, 0.15) is 5.60 Å². The van der Waals surface area contributed by atoms with Crippen LogP contribution in [0.5, 0.6) is 0 Å². The van der Waals surface area contributed by atoms with E-state index in [1.807, 2.05) is 50.3 Å². The van der Waals surface area contributed by atoms with Crippen molar-refractivity contribution in [1.82, 2.24) is 4.90 Å². The summed E-state index contributed by atoms with van der Waals surface area (Å²) in [5, 5.41) is 36.7. The molecule has 0 spiro atoms. The molecule has 2 heterocycles. The lowest BCUT2D eigenvalue weighted by molar-refractivity contribution is -0.351. The molecule has 1 saturated carbocycles. The maximum Gasteiger partial charge on any atom is 0.305 e. The first kappa shape index (κ1) is 35.4. The molecular formula is C33H48ClNO8. The van der Waals surface area contributed by atoms with Crippen molar-refractivity contribution in [3.8, 4) is 0 Å². The van der Waals surface area contributed by atoms with E-state index in [-0.39, 0.29) is 30.7 Å². The van der Waals surface area contributed by atoms with Gasteiger partial charge in [-0.2, -0.15) is 0 Å². The van der Waals surface area contributed by atoms with Crippen molar-refractivity contribution < 1.29 is 39.9 Å². The van der Waals surface area contributed by atoms with Crippen molar-refractivity contribution in [3.05, 3.63) is 60.2 Å². The van der Waals surface area contributed by atoms with Crippen molar-refractivity contribution >= 4 is 24.2 Å². The standard InChI is InChI=1S/C33H45NO7.ClH.H2O/c1-8-28(5)21-26(36)33(39)29(6)24(27(3,4)14-15-32(29,38)40-22(2)35)20-25(30(33,7)41-28)34-18-16-31(37,17-19-34)23-12-10-9-11-13-23;;/h8-13,20,25,37-39H,1,14-19,21H2,2-7H3;1H;1H2/t25-,28-,29+,30+,32+,33-;;/m0../s1. The van der Waals surface area contributed by atoms with Gasteiger partial charge in [-0.1, -0.05) is 61.9 Å². The summed E-state index contributed by atoms with van der Waals surface area (Å²) in [6.45, 7) is 15.3. The minimum Gasteiger partial charge on any atom is -0.432 e. The van der Waals surface area contributed by atoms with Gasteiger partial charge in [-0.3, -0.25) is 14.5 Å². The fraction of sp³-hybridized carbons (Fsp3) is 0.636. The van der Waals surface area contributed by atoms with Gasteiger partial charge in [0.2, 0.25) is 5.79 Å². The van der Waals surface area contributed by atoms with Crippen LogP contribution in [0.4, 0.5) is 0 Å². The highest BCUT2D eigenvalue weighted by Crippen LogP contribution is 2.68. The third-order valence-corrected chi connectivity index (χ3v) is 10.9. The van der Waals surface area contributed by atoms with Crippen molar-refractivity contribution in [2.75, 3.05) is 13.1 Å². The Morgan fingerprint density at radius 2 is 1.60 bits per heavy atom. The van der Waals surface area contributed by atoms with E-state index in [9.17, 15) is 24.9 Å². The molecule has 10 heteroatoms. The second-order valence-electron chi connectivity index (χ2n) is 13.9. The molecule has 0 unspecified atom stereocenters. The number of hydrogen-bond acceptors (Lipinski definition) is 8. The van der Waals surface area contributed by atoms with Gasteiger partial charge in [0.25, 0.3) is 0 Å². The number of carbonyl (C=O) groups excluding carboxylic acids is 2. The van der Waals surface area contributed by atoms with Crippen LogP contribution in [0.3, 0.4) is 0 Å². The number of nitrogens with zero attached hydrogens (tertiary/aromatic N) is 1. The Labute approximate surface area is 260 Å². The SMILES string of the molecule is C=C[C@@]1(C)CC(=O)[C@]2(O)[C@]3(C)C(=C[C@H](N4CCC(O)(c5ccccc5)CC4)[C@@]2(C)O1)C(C)(C)CC[C@@]3(O)OC(C)=O.Cl.O. The van der Waals surface area contributed by atoms with Crippen LogP contribution in [0.15, 0.2) is 54.6 Å². The van der Waals surface area contributed by atoms with Crippen LogP contribution < -0.4 is 0 Å². The van der Waals surface area contributed by atoms with E-state index in [0.29, 0.717) is 37.9 Å². The summed E-state index contributed by atoms with van der Waals surface area (Å²) in [4.78, 5) is 28.9. The van der Waals surface area contributed by atoms with Gasteiger partial charge in [-0.15, -0.1) is 19.0 Å². The molecule has 4 aliphatic rings. The molecule has 43 heavy (non-hydrogen) atoms. The second kappa shape index (κ2) is 11.1. The fourth-order valence-electron chi connectivity index (χ4n) is 8.48. The molecule has 2 aliphatic carbocycles. The summed E-state index contributed by atoms with van der Waals surface area (Å²) in [5.41, 5.74) is -6.59. The average Bonchev–Trinajstić information content (AvgIpc) is 2.90. The molecule has 2 saturated heterocycles. The Kier molecular flexibility index (Phi) is 9.09. The lowest BCUT2D eigenvalue weighted by Crippen LogP contribution is -2.84. The van der Waals surface area contributed by atoms with E-state index in [0.717, 1.165) is 5.56 Å². The topological polar surface area (TPSA) is 148 Å². The Morgan fingerprint density at radius 3 is 2.14 bits per heavy atom. The summed E-state index contributed by atoms with van der Waals surface area (Å²) in [6, 6.07) is 9.04. The number of ether oxygens (including phenoxy) is 2. The van der Waals surface area contributed by atoms with Crippen LogP contribution >= 0.6 is 12.4 Å². The maximum absolute atomic E-state index is 14.4. The summed E-state index contributed by atoms with van der Waals surface area (Å²) < 4.78 is 12.4. The highest BCUT2D eigenvalue weighted by molar-refractivity contribution is 5.93. The normalized spacial score (nSPS) is 40.0. The third-order valence-electron chi connectivity index (χ3n) is 10.9. The number of Topliss-reactive ketones (excluding diaryl/α,β-unsaturated/α-hetero) is 1. The number of carbonyl (C=O) groups is 2. The molecule has 1 aromatic carbocycles. The maximum atomic E-state index is 14.4. The van der Waals surface area contributed by atoms with Gasteiger partial charge in [0.05, 0.1) is 22.7 Å². The Morgan fingerprint density at radius 1 is 1.02 bits per heavy atom. The molecule has 0 aromatic heterocycles. The van der Waals surface area contributed by atoms with E-state index < -0.39 is 56.8 Å². The minimum absolute atomic E-state index is 0. The molecule has 0 bridgehead atoms. The van der Waals surface area contributed by atoms with Crippen LogP contribution in [0.25, 0.3) is 0 Å². The molecule has 5 N–H and O–H groups in total. The fourth-order valence-corrected chi connectivity index (χ4v) is 8.48. The highest BCUT2D eigenvalue weighted by Gasteiger charge is 2.80. The lowest BCUT2D eigenvalue weighted by atomic mass is 9.43. The molecule has 0 radical (unpaired) electrons. The van der Waals surface area contributed by atoms with E-state index in [4.69, 9.17) is 9.47 Å². The molecule has 9 nitrogen and oxygen atoms in total. The number of benzene rings is 1. The van der Waals surface area contributed by atoms with Gasteiger partial charge < -0.3 is 30.3 Å². The Bertz CT molecular complexity index is 1290. The third kappa shape index (κ3) is 4.83. The first-order valence-electron chi connectivity index (χ1n) is 14.7. The molecule has 1 aromatic rings. The number of esters is 1. The van der Waals surface area contributed by atoms with Crippen molar-refractivity contribution in [1.29, 1.82) is 0 Å². The zero-order valence-electron chi connectivity index (χ0n) is 26.1. The van der Waals surface area contributed by atoms with Crippen molar-refractivity contribution in [2.24, 2.45) is 10.8 Å². The predicted octanol–water partition coefficient (Wildman–Crippen LogP) is 3.38. The molecule has 6 atom stereocenters. The number of piperidine rings is 1. The molecule has 2 aliphatic heterocycles. The smallest absolute Gasteiger partial charge is 0.305 e. The van der Waals surface area contributed by atoms with Crippen molar-refractivity contribution in [3.63, 3.8) is 0 Å². The van der Waals surface area contributed by atoms with E-state index in [1.165, 1.54) is 6.92 Å². The van der Waals surface area contributed by atoms with E-state index in [1.54, 1.807) is 26.8 Å². The van der Waals surface area contributed by atoms with Crippen LogP contribution in [-0.2, 0) is 24.7 Å². The van der Waals surface area contributed by atoms with Crippen LogP contribution in [0, 0.1) is 10.8 Å². The predicted molar refractivity (Wildman–Crippen MR) is 164 cm³/mol. The van der Waals surface area contributed by atoms with Crippen molar-refractivity contribution in [2.45, 2.75) is 108 Å². The number of aliphatic hydroxyl groups is 3. The summed E-state index contributed by atoms with van der Waals surface area (Å²) >= 11 is 0. The quantitative estimate of drug-likeness (QED) is 0.263. The Hall–Kier alpha value is -2.11. The second-order valence-corrected chi connectivity index (χ2v) is 13.9. The van der Waals surface area contributed by atoms with Crippen LogP contribution in [0.1, 0.15) is 79.2 Å². The van der Waals surface area contributed by atoms with Crippen LogP contribution in [0.2, 0.25) is 0 Å².